The Morgan fingerprint density at radius 3 is 2.38 bits per heavy atom. The number of aryl methyl sites for hydroxylation is 1. The van der Waals surface area contributed by atoms with Crippen molar-refractivity contribution in [3.05, 3.63) is 78.5 Å². The molecule has 0 atom stereocenters. The van der Waals surface area contributed by atoms with E-state index in [1.807, 2.05) is 24.4 Å². The molecular formula is C21H18N2O. The number of benzene rings is 2. The van der Waals surface area contributed by atoms with E-state index < -0.39 is 0 Å². The van der Waals surface area contributed by atoms with Gasteiger partial charge in [0.25, 0.3) is 0 Å². The lowest BCUT2D eigenvalue weighted by Crippen LogP contribution is -1.98. The second-order valence-electron chi connectivity index (χ2n) is 5.85. The molecule has 0 amide bonds. The Labute approximate surface area is 141 Å². The number of fused-ring (bicyclic) bond motifs is 1. The summed E-state index contributed by atoms with van der Waals surface area (Å²) in [4.78, 5) is 4.60. The molecule has 0 N–H and O–H groups in total. The van der Waals surface area contributed by atoms with Crippen molar-refractivity contribution in [1.29, 1.82) is 0 Å². The molecule has 0 unspecified atom stereocenters. The van der Waals surface area contributed by atoms with Gasteiger partial charge in [0.2, 0.25) is 0 Å². The van der Waals surface area contributed by atoms with Gasteiger partial charge in [-0.1, -0.05) is 17.7 Å². The van der Waals surface area contributed by atoms with Gasteiger partial charge in [-0.25, -0.2) is 4.98 Å². The van der Waals surface area contributed by atoms with Crippen molar-refractivity contribution in [3.8, 4) is 22.7 Å². The van der Waals surface area contributed by atoms with Gasteiger partial charge >= 0.3 is 0 Å². The molecule has 4 aromatic rings. The molecule has 0 saturated carbocycles. The van der Waals surface area contributed by atoms with E-state index in [0.717, 1.165) is 33.7 Å². The van der Waals surface area contributed by atoms with Crippen LogP contribution in [0.25, 0.3) is 28.0 Å². The number of pyridine rings is 1. The van der Waals surface area contributed by atoms with Gasteiger partial charge in [-0.15, -0.1) is 0 Å². The van der Waals surface area contributed by atoms with Crippen molar-refractivity contribution >= 4 is 11.0 Å². The summed E-state index contributed by atoms with van der Waals surface area (Å²) >= 11 is 0. The van der Waals surface area contributed by atoms with E-state index in [0.29, 0.717) is 0 Å². The lowest BCUT2D eigenvalue weighted by Gasteiger charge is -2.11. The first-order chi connectivity index (χ1) is 11.8. The van der Waals surface area contributed by atoms with Gasteiger partial charge in [0, 0.05) is 17.3 Å². The predicted molar refractivity (Wildman–Crippen MR) is 97.8 cm³/mol. The fourth-order valence-corrected chi connectivity index (χ4v) is 2.96. The van der Waals surface area contributed by atoms with Crippen LogP contribution in [-0.4, -0.2) is 16.7 Å². The van der Waals surface area contributed by atoms with Crippen molar-refractivity contribution in [2.75, 3.05) is 7.11 Å². The minimum atomic E-state index is 0.856. The van der Waals surface area contributed by atoms with E-state index in [1.54, 1.807) is 7.11 Å². The largest absolute Gasteiger partial charge is 0.497 e. The van der Waals surface area contributed by atoms with Crippen LogP contribution in [0.5, 0.6) is 5.75 Å². The molecular weight excluding hydrogens is 296 g/mol. The molecule has 0 saturated heterocycles. The molecule has 118 valence electrons. The molecule has 0 bridgehead atoms. The summed E-state index contributed by atoms with van der Waals surface area (Å²) in [7, 11) is 1.68. The number of hydrogen-bond donors (Lipinski definition) is 0. The second kappa shape index (κ2) is 5.85. The van der Waals surface area contributed by atoms with E-state index in [4.69, 9.17) is 4.74 Å². The molecule has 0 radical (unpaired) electrons. The lowest BCUT2D eigenvalue weighted by molar-refractivity contribution is 0.415. The third-order valence-corrected chi connectivity index (χ3v) is 4.24. The Balaban J connectivity index is 1.97. The highest BCUT2D eigenvalue weighted by atomic mass is 16.5. The third kappa shape index (κ3) is 2.44. The third-order valence-electron chi connectivity index (χ3n) is 4.24. The monoisotopic (exact) mass is 314 g/mol. The van der Waals surface area contributed by atoms with Crippen molar-refractivity contribution in [2.24, 2.45) is 0 Å². The molecule has 2 heterocycles. The highest BCUT2D eigenvalue weighted by Crippen LogP contribution is 2.31. The molecule has 24 heavy (non-hydrogen) atoms. The van der Waals surface area contributed by atoms with E-state index in [9.17, 15) is 0 Å². The molecule has 0 aliphatic rings. The van der Waals surface area contributed by atoms with Gasteiger partial charge < -0.3 is 4.74 Å². The van der Waals surface area contributed by atoms with Crippen molar-refractivity contribution in [2.45, 2.75) is 6.92 Å². The van der Waals surface area contributed by atoms with Crippen LogP contribution in [0.2, 0.25) is 0 Å². The Hall–Kier alpha value is -3.07. The molecule has 2 aromatic heterocycles. The van der Waals surface area contributed by atoms with Crippen LogP contribution >= 0.6 is 0 Å². The zero-order chi connectivity index (χ0) is 16.5. The minimum Gasteiger partial charge on any atom is -0.497 e. The quantitative estimate of drug-likeness (QED) is 0.531. The predicted octanol–water partition coefficient (Wildman–Crippen LogP) is 5.01. The number of hydrogen-bond acceptors (Lipinski definition) is 2. The van der Waals surface area contributed by atoms with Gasteiger partial charge in [0.15, 0.2) is 0 Å². The van der Waals surface area contributed by atoms with E-state index in [-0.39, 0.29) is 0 Å². The Kier molecular flexibility index (Phi) is 3.54. The first-order valence-corrected chi connectivity index (χ1v) is 7.94. The Morgan fingerprint density at radius 1 is 0.917 bits per heavy atom. The number of nitrogens with zero attached hydrogens (tertiary/aromatic N) is 2. The summed E-state index contributed by atoms with van der Waals surface area (Å²) in [5, 5.41) is 1.13. The van der Waals surface area contributed by atoms with Gasteiger partial charge in [-0.05, 0) is 67.1 Å². The number of aromatic nitrogens is 2. The summed E-state index contributed by atoms with van der Waals surface area (Å²) in [5.74, 6) is 0.856. The number of ether oxygens (including phenoxy) is 1. The second-order valence-corrected chi connectivity index (χ2v) is 5.85. The lowest BCUT2D eigenvalue weighted by atomic mass is 10.1. The van der Waals surface area contributed by atoms with E-state index >= 15 is 0 Å². The standard InChI is InChI=1S/C21H18N2O/c1-15-5-9-18(10-6-15)23-20(14-17-4-3-13-22-21(17)23)16-7-11-19(24-2)12-8-16/h3-14H,1-2H3. The zero-order valence-corrected chi connectivity index (χ0v) is 13.7. The minimum absolute atomic E-state index is 0.856. The summed E-state index contributed by atoms with van der Waals surface area (Å²) < 4.78 is 7.48. The van der Waals surface area contributed by atoms with Gasteiger partial charge in [-0.3, -0.25) is 4.57 Å². The SMILES string of the molecule is COc1ccc(-c2cc3cccnc3n2-c2ccc(C)cc2)cc1. The van der Waals surface area contributed by atoms with Crippen LogP contribution in [0.4, 0.5) is 0 Å². The van der Waals surface area contributed by atoms with Crippen molar-refractivity contribution < 1.29 is 4.74 Å². The maximum Gasteiger partial charge on any atom is 0.144 e. The van der Waals surface area contributed by atoms with Crippen LogP contribution in [0.15, 0.2) is 72.9 Å². The van der Waals surface area contributed by atoms with Crippen LogP contribution in [-0.2, 0) is 0 Å². The molecule has 4 rings (SSSR count). The Bertz CT molecular complexity index is 983. The van der Waals surface area contributed by atoms with Gasteiger partial charge in [0.1, 0.15) is 11.4 Å². The summed E-state index contributed by atoms with van der Waals surface area (Å²) in [6.07, 6.45) is 1.84. The molecule has 3 nitrogen and oxygen atoms in total. The Morgan fingerprint density at radius 2 is 1.67 bits per heavy atom. The number of rotatable bonds is 3. The van der Waals surface area contributed by atoms with E-state index in [2.05, 4.69) is 65.0 Å². The van der Waals surface area contributed by atoms with Gasteiger partial charge in [-0.2, -0.15) is 0 Å². The summed E-state index contributed by atoms with van der Waals surface area (Å²) in [6.45, 7) is 2.10. The highest BCUT2D eigenvalue weighted by Gasteiger charge is 2.13. The molecule has 0 aliphatic heterocycles. The molecule has 0 aliphatic carbocycles. The normalized spacial score (nSPS) is 10.9. The topological polar surface area (TPSA) is 27.1 Å². The summed E-state index contributed by atoms with van der Waals surface area (Å²) in [6, 6.07) is 22.9. The molecule has 0 spiro atoms. The molecule has 0 fully saturated rings. The maximum atomic E-state index is 5.27. The summed E-state index contributed by atoms with van der Waals surface area (Å²) in [5.41, 5.74) is 5.58. The number of methoxy groups -OCH3 is 1. The molecule has 2 aromatic carbocycles. The average molecular weight is 314 g/mol. The van der Waals surface area contributed by atoms with E-state index in [1.165, 1.54) is 5.56 Å². The zero-order valence-electron chi connectivity index (χ0n) is 13.7. The fraction of sp³-hybridized carbons (Fsp3) is 0.0952. The fourth-order valence-electron chi connectivity index (χ4n) is 2.96. The first-order valence-electron chi connectivity index (χ1n) is 7.94. The highest BCUT2D eigenvalue weighted by molar-refractivity contribution is 5.86. The van der Waals surface area contributed by atoms with Crippen molar-refractivity contribution in [1.82, 2.24) is 9.55 Å². The maximum absolute atomic E-state index is 5.27. The van der Waals surface area contributed by atoms with Crippen LogP contribution in [0, 0.1) is 6.92 Å². The van der Waals surface area contributed by atoms with Crippen molar-refractivity contribution in [3.63, 3.8) is 0 Å². The smallest absolute Gasteiger partial charge is 0.144 e. The molecule has 3 heteroatoms. The van der Waals surface area contributed by atoms with Crippen LogP contribution in [0.1, 0.15) is 5.56 Å². The van der Waals surface area contributed by atoms with Gasteiger partial charge in [0.05, 0.1) is 12.8 Å². The average Bonchev–Trinajstić information content (AvgIpc) is 3.02. The van der Waals surface area contributed by atoms with Crippen LogP contribution in [0.3, 0.4) is 0 Å². The van der Waals surface area contributed by atoms with Crippen LogP contribution < -0.4 is 4.74 Å². The first kappa shape index (κ1) is 14.5.